The third-order valence-corrected chi connectivity index (χ3v) is 3.26. The Labute approximate surface area is 119 Å². The molecule has 1 aromatic rings. The van der Waals surface area contributed by atoms with Crippen molar-refractivity contribution in [2.45, 2.75) is 6.92 Å². The molecule has 0 unspecified atom stereocenters. The van der Waals surface area contributed by atoms with Crippen LogP contribution in [0.25, 0.3) is 0 Å². The Morgan fingerprint density at radius 1 is 1.30 bits per heavy atom. The van der Waals surface area contributed by atoms with Gasteiger partial charge in [-0.1, -0.05) is 0 Å². The van der Waals surface area contributed by atoms with Crippen molar-refractivity contribution in [1.29, 1.82) is 0 Å². The Bertz CT molecular complexity index is 414. The van der Waals surface area contributed by atoms with Gasteiger partial charge in [0.25, 0.3) is 0 Å². The summed E-state index contributed by atoms with van der Waals surface area (Å²) < 4.78 is 10.3. The van der Waals surface area contributed by atoms with Gasteiger partial charge in [-0.15, -0.1) is 0 Å². The predicted octanol–water partition coefficient (Wildman–Crippen LogP) is 1.61. The van der Waals surface area contributed by atoms with Crippen LogP contribution in [0, 0.1) is 0 Å². The Hall–Kier alpha value is -1.59. The molecule has 1 N–H and O–H groups in total. The molecule has 5 heteroatoms. The number of morpholine rings is 1. The minimum absolute atomic E-state index is 0.271. The topological polar surface area (TPSA) is 50.8 Å². The highest BCUT2D eigenvalue weighted by molar-refractivity contribution is 5.89. The van der Waals surface area contributed by atoms with Gasteiger partial charge in [-0.25, -0.2) is 4.79 Å². The van der Waals surface area contributed by atoms with Crippen molar-refractivity contribution in [3.8, 4) is 0 Å². The van der Waals surface area contributed by atoms with Crippen LogP contribution in [0.4, 0.5) is 5.69 Å². The van der Waals surface area contributed by atoms with Gasteiger partial charge in [0.2, 0.25) is 0 Å². The molecule has 0 spiro atoms. The first-order valence-electron chi connectivity index (χ1n) is 7.10. The van der Waals surface area contributed by atoms with Crippen LogP contribution in [0.5, 0.6) is 0 Å². The number of carbonyl (C=O) groups excluding carboxylic acids is 1. The maximum absolute atomic E-state index is 11.5. The maximum Gasteiger partial charge on any atom is 0.338 e. The van der Waals surface area contributed by atoms with Gasteiger partial charge in [0.05, 0.1) is 25.4 Å². The number of hydrogen-bond acceptors (Lipinski definition) is 5. The molecule has 110 valence electrons. The number of nitrogens with one attached hydrogen (secondary N) is 1. The van der Waals surface area contributed by atoms with Gasteiger partial charge < -0.3 is 14.8 Å². The fourth-order valence-electron chi connectivity index (χ4n) is 2.12. The molecule has 1 aliphatic rings. The number of anilines is 1. The maximum atomic E-state index is 11.5. The SMILES string of the molecule is CCOC(=O)c1ccc(NCCN2CCOCC2)cc1. The zero-order valence-corrected chi connectivity index (χ0v) is 11.9. The molecule has 5 nitrogen and oxygen atoms in total. The highest BCUT2D eigenvalue weighted by Crippen LogP contribution is 2.10. The Kier molecular flexibility index (Phi) is 5.83. The highest BCUT2D eigenvalue weighted by Gasteiger charge is 2.09. The molecule has 2 rings (SSSR count). The van der Waals surface area contributed by atoms with E-state index in [4.69, 9.17) is 9.47 Å². The van der Waals surface area contributed by atoms with Gasteiger partial charge in [-0.05, 0) is 31.2 Å². The summed E-state index contributed by atoms with van der Waals surface area (Å²) >= 11 is 0. The smallest absolute Gasteiger partial charge is 0.338 e. The van der Waals surface area contributed by atoms with E-state index in [0.29, 0.717) is 12.2 Å². The molecule has 0 amide bonds. The van der Waals surface area contributed by atoms with Crippen molar-refractivity contribution in [3.63, 3.8) is 0 Å². The molecule has 0 radical (unpaired) electrons. The third-order valence-electron chi connectivity index (χ3n) is 3.26. The number of ether oxygens (including phenoxy) is 2. The average molecular weight is 278 g/mol. The van der Waals surface area contributed by atoms with E-state index in [9.17, 15) is 4.79 Å². The van der Waals surface area contributed by atoms with Crippen molar-refractivity contribution >= 4 is 11.7 Å². The predicted molar refractivity (Wildman–Crippen MR) is 78.1 cm³/mol. The van der Waals surface area contributed by atoms with Crippen LogP contribution in [-0.4, -0.2) is 56.9 Å². The van der Waals surface area contributed by atoms with E-state index in [0.717, 1.165) is 45.1 Å². The molecule has 0 saturated carbocycles. The van der Waals surface area contributed by atoms with Crippen molar-refractivity contribution in [1.82, 2.24) is 4.90 Å². The molecular formula is C15H22N2O3. The standard InChI is InChI=1S/C15H22N2O3/c1-2-20-15(18)13-3-5-14(6-4-13)16-7-8-17-9-11-19-12-10-17/h3-6,16H,2,7-12H2,1H3. The van der Waals surface area contributed by atoms with E-state index < -0.39 is 0 Å². The quantitative estimate of drug-likeness (QED) is 0.801. The summed E-state index contributed by atoms with van der Waals surface area (Å²) in [5.74, 6) is -0.271. The summed E-state index contributed by atoms with van der Waals surface area (Å²) in [6.45, 7) is 7.76. The molecular weight excluding hydrogens is 256 g/mol. The van der Waals surface area contributed by atoms with E-state index in [-0.39, 0.29) is 5.97 Å². The lowest BCUT2D eigenvalue weighted by Crippen LogP contribution is -2.38. The van der Waals surface area contributed by atoms with Gasteiger partial charge in [0.1, 0.15) is 0 Å². The van der Waals surface area contributed by atoms with Gasteiger partial charge in [0.15, 0.2) is 0 Å². The average Bonchev–Trinajstić information content (AvgIpc) is 2.49. The van der Waals surface area contributed by atoms with E-state index in [1.165, 1.54) is 0 Å². The fraction of sp³-hybridized carbons (Fsp3) is 0.533. The Morgan fingerprint density at radius 3 is 2.65 bits per heavy atom. The molecule has 1 heterocycles. The first-order chi connectivity index (χ1) is 9.79. The minimum atomic E-state index is -0.271. The number of esters is 1. The zero-order valence-electron chi connectivity index (χ0n) is 11.9. The first-order valence-corrected chi connectivity index (χ1v) is 7.10. The van der Waals surface area contributed by atoms with Gasteiger partial charge in [-0.3, -0.25) is 4.90 Å². The second kappa shape index (κ2) is 7.87. The first kappa shape index (κ1) is 14.8. The number of carbonyl (C=O) groups is 1. The molecule has 0 atom stereocenters. The summed E-state index contributed by atoms with van der Waals surface area (Å²) in [5, 5.41) is 3.36. The van der Waals surface area contributed by atoms with Crippen LogP contribution in [0.15, 0.2) is 24.3 Å². The Balaban J connectivity index is 1.74. The molecule has 20 heavy (non-hydrogen) atoms. The van der Waals surface area contributed by atoms with Gasteiger partial charge >= 0.3 is 5.97 Å². The number of hydrogen-bond donors (Lipinski definition) is 1. The Morgan fingerprint density at radius 2 is 2.00 bits per heavy atom. The van der Waals surface area contributed by atoms with Gasteiger partial charge in [-0.2, -0.15) is 0 Å². The monoisotopic (exact) mass is 278 g/mol. The zero-order chi connectivity index (χ0) is 14.2. The highest BCUT2D eigenvalue weighted by atomic mass is 16.5. The van der Waals surface area contributed by atoms with E-state index in [2.05, 4.69) is 10.2 Å². The summed E-state index contributed by atoms with van der Waals surface area (Å²) in [6.07, 6.45) is 0. The van der Waals surface area contributed by atoms with E-state index >= 15 is 0 Å². The molecule has 1 aromatic carbocycles. The van der Waals surface area contributed by atoms with Crippen LogP contribution in [0.2, 0.25) is 0 Å². The van der Waals surface area contributed by atoms with Crippen molar-refractivity contribution in [2.75, 3.05) is 51.3 Å². The summed E-state index contributed by atoms with van der Waals surface area (Å²) in [7, 11) is 0. The largest absolute Gasteiger partial charge is 0.462 e. The molecule has 1 fully saturated rings. The van der Waals surface area contributed by atoms with Gasteiger partial charge in [0, 0.05) is 31.9 Å². The van der Waals surface area contributed by atoms with Crippen LogP contribution < -0.4 is 5.32 Å². The van der Waals surface area contributed by atoms with Crippen LogP contribution in [-0.2, 0) is 9.47 Å². The lowest BCUT2D eigenvalue weighted by Gasteiger charge is -2.26. The van der Waals surface area contributed by atoms with E-state index in [1.807, 2.05) is 12.1 Å². The molecule has 1 aliphatic heterocycles. The molecule has 1 saturated heterocycles. The number of benzene rings is 1. The summed E-state index contributed by atoms with van der Waals surface area (Å²) in [6, 6.07) is 7.39. The second-order valence-corrected chi connectivity index (χ2v) is 4.68. The normalized spacial score (nSPS) is 15.8. The van der Waals surface area contributed by atoms with E-state index in [1.54, 1.807) is 19.1 Å². The summed E-state index contributed by atoms with van der Waals surface area (Å²) in [4.78, 5) is 13.9. The van der Waals surface area contributed by atoms with Crippen LogP contribution in [0.3, 0.4) is 0 Å². The fourth-order valence-corrected chi connectivity index (χ4v) is 2.12. The molecule has 0 aromatic heterocycles. The van der Waals surface area contributed by atoms with Crippen LogP contribution in [0.1, 0.15) is 17.3 Å². The third kappa shape index (κ3) is 4.51. The summed E-state index contributed by atoms with van der Waals surface area (Å²) in [5.41, 5.74) is 1.61. The molecule has 0 aliphatic carbocycles. The molecule has 0 bridgehead atoms. The second-order valence-electron chi connectivity index (χ2n) is 4.68. The lowest BCUT2D eigenvalue weighted by molar-refractivity contribution is 0.0398. The van der Waals surface area contributed by atoms with Crippen molar-refractivity contribution in [2.24, 2.45) is 0 Å². The van der Waals surface area contributed by atoms with Crippen molar-refractivity contribution < 1.29 is 14.3 Å². The number of nitrogens with zero attached hydrogens (tertiary/aromatic N) is 1. The number of rotatable bonds is 6. The minimum Gasteiger partial charge on any atom is -0.462 e. The lowest BCUT2D eigenvalue weighted by atomic mass is 10.2. The van der Waals surface area contributed by atoms with Crippen molar-refractivity contribution in [3.05, 3.63) is 29.8 Å². The van der Waals surface area contributed by atoms with Crippen LogP contribution >= 0.6 is 0 Å².